The van der Waals surface area contributed by atoms with Crippen LogP contribution in [0.5, 0.6) is 0 Å². The van der Waals surface area contributed by atoms with Gasteiger partial charge in [-0.25, -0.2) is 17.2 Å². The summed E-state index contributed by atoms with van der Waals surface area (Å²) in [5.74, 6) is -1.77. The standard InChI is InChI=1S/C10H6ClF2NO2S2/c11-9-3-4-10(17-9)18(15,16)14-8-2-1-6(12)5-7(8)13/h1-5,14H. The van der Waals surface area contributed by atoms with E-state index in [1.165, 1.54) is 12.1 Å². The molecular formula is C10H6ClF2NO2S2. The molecule has 8 heteroatoms. The van der Waals surface area contributed by atoms with Gasteiger partial charge in [-0.1, -0.05) is 11.6 Å². The molecular weight excluding hydrogens is 304 g/mol. The predicted octanol–water partition coefficient (Wildman–Crippen LogP) is 3.48. The molecule has 0 radical (unpaired) electrons. The van der Waals surface area contributed by atoms with Gasteiger partial charge < -0.3 is 0 Å². The SMILES string of the molecule is O=S(=O)(Nc1ccc(F)cc1F)c1ccc(Cl)s1. The average molecular weight is 310 g/mol. The van der Waals surface area contributed by atoms with Crippen LogP contribution in [0.15, 0.2) is 34.5 Å². The van der Waals surface area contributed by atoms with Gasteiger partial charge in [0, 0.05) is 6.07 Å². The zero-order valence-corrected chi connectivity index (χ0v) is 11.0. The topological polar surface area (TPSA) is 46.2 Å². The smallest absolute Gasteiger partial charge is 0.271 e. The number of benzene rings is 1. The molecule has 0 spiro atoms. The molecule has 1 heterocycles. The van der Waals surface area contributed by atoms with Crippen LogP contribution in [-0.2, 0) is 10.0 Å². The number of nitrogens with one attached hydrogen (secondary N) is 1. The van der Waals surface area contributed by atoms with Crippen molar-refractivity contribution in [1.29, 1.82) is 0 Å². The van der Waals surface area contributed by atoms with Crippen LogP contribution in [0.4, 0.5) is 14.5 Å². The minimum Gasteiger partial charge on any atom is -0.276 e. The first-order chi connectivity index (χ1) is 8.38. The third-order valence-corrected chi connectivity index (χ3v) is 5.08. The molecule has 0 aliphatic rings. The molecule has 0 aliphatic carbocycles. The summed E-state index contributed by atoms with van der Waals surface area (Å²) in [5, 5.41) is 0. The first-order valence-corrected chi connectivity index (χ1v) is 7.29. The molecule has 1 aromatic heterocycles. The second kappa shape index (κ2) is 4.83. The predicted molar refractivity (Wildman–Crippen MR) is 66.5 cm³/mol. The Bertz CT molecular complexity index is 685. The summed E-state index contributed by atoms with van der Waals surface area (Å²) in [5.41, 5.74) is -0.319. The summed E-state index contributed by atoms with van der Waals surface area (Å²) >= 11 is 6.47. The molecule has 0 aliphatic heterocycles. The van der Waals surface area contributed by atoms with Crippen LogP contribution in [-0.4, -0.2) is 8.42 Å². The maximum Gasteiger partial charge on any atom is 0.271 e. The van der Waals surface area contributed by atoms with Crippen molar-refractivity contribution in [3.8, 4) is 0 Å². The lowest BCUT2D eigenvalue weighted by Crippen LogP contribution is -2.12. The Labute approximate surface area is 111 Å². The molecule has 96 valence electrons. The van der Waals surface area contributed by atoms with E-state index in [0.717, 1.165) is 23.5 Å². The third kappa shape index (κ3) is 2.80. The Kier molecular flexibility index (Phi) is 3.56. The number of hydrogen-bond donors (Lipinski definition) is 1. The Morgan fingerprint density at radius 1 is 1.17 bits per heavy atom. The van der Waals surface area contributed by atoms with Crippen molar-refractivity contribution in [1.82, 2.24) is 0 Å². The van der Waals surface area contributed by atoms with Gasteiger partial charge in [-0.3, -0.25) is 4.72 Å². The van der Waals surface area contributed by atoms with Gasteiger partial charge in [0.05, 0.1) is 10.0 Å². The molecule has 0 amide bonds. The summed E-state index contributed by atoms with van der Waals surface area (Å²) in [6, 6.07) is 5.29. The van der Waals surface area contributed by atoms with Gasteiger partial charge in [0.2, 0.25) is 0 Å². The van der Waals surface area contributed by atoms with Crippen molar-refractivity contribution in [3.63, 3.8) is 0 Å². The van der Waals surface area contributed by atoms with Crippen LogP contribution < -0.4 is 4.72 Å². The van der Waals surface area contributed by atoms with E-state index in [4.69, 9.17) is 11.6 Å². The maximum absolute atomic E-state index is 13.3. The molecule has 1 aromatic carbocycles. The summed E-state index contributed by atoms with van der Waals surface area (Å²) < 4.78 is 51.9. The van der Waals surface area contributed by atoms with Crippen LogP contribution in [0, 0.1) is 11.6 Å². The highest BCUT2D eigenvalue weighted by Gasteiger charge is 2.18. The van der Waals surface area contributed by atoms with Gasteiger partial charge in [0.15, 0.2) is 0 Å². The minimum absolute atomic E-state index is 0.0452. The van der Waals surface area contributed by atoms with Gasteiger partial charge in [-0.05, 0) is 24.3 Å². The molecule has 1 N–H and O–H groups in total. The summed E-state index contributed by atoms with van der Waals surface area (Å²) in [6.07, 6.45) is 0. The second-order valence-electron chi connectivity index (χ2n) is 3.29. The van der Waals surface area contributed by atoms with E-state index in [9.17, 15) is 17.2 Å². The largest absolute Gasteiger partial charge is 0.276 e. The number of hydrogen-bond acceptors (Lipinski definition) is 3. The first-order valence-electron chi connectivity index (χ1n) is 4.62. The van der Waals surface area contributed by atoms with Crippen molar-refractivity contribution in [2.45, 2.75) is 4.21 Å². The average Bonchev–Trinajstić information content (AvgIpc) is 2.70. The molecule has 0 saturated carbocycles. The molecule has 2 rings (SSSR count). The van der Waals surface area contributed by atoms with Gasteiger partial charge >= 0.3 is 0 Å². The number of thiophene rings is 1. The van der Waals surface area contributed by atoms with E-state index in [0.29, 0.717) is 10.4 Å². The highest BCUT2D eigenvalue weighted by molar-refractivity contribution is 7.94. The quantitative estimate of drug-likeness (QED) is 0.943. The fourth-order valence-corrected chi connectivity index (χ4v) is 3.76. The molecule has 0 fully saturated rings. The van der Waals surface area contributed by atoms with E-state index in [2.05, 4.69) is 0 Å². The fourth-order valence-electron chi connectivity index (χ4n) is 1.21. The van der Waals surface area contributed by atoms with Crippen molar-refractivity contribution < 1.29 is 17.2 Å². The molecule has 0 unspecified atom stereocenters. The van der Waals surface area contributed by atoms with Crippen LogP contribution in [0.1, 0.15) is 0 Å². The maximum atomic E-state index is 13.3. The summed E-state index contributed by atoms with van der Waals surface area (Å²) in [7, 11) is -3.91. The highest BCUT2D eigenvalue weighted by Crippen LogP contribution is 2.27. The van der Waals surface area contributed by atoms with Crippen LogP contribution >= 0.6 is 22.9 Å². The zero-order valence-electron chi connectivity index (χ0n) is 8.65. The molecule has 18 heavy (non-hydrogen) atoms. The van der Waals surface area contributed by atoms with E-state index < -0.39 is 21.7 Å². The Balaban J connectivity index is 2.33. The highest BCUT2D eigenvalue weighted by atomic mass is 35.5. The van der Waals surface area contributed by atoms with Crippen LogP contribution in [0.2, 0.25) is 4.34 Å². The van der Waals surface area contributed by atoms with Crippen molar-refractivity contribution in [3.05, 3.63) is 46.3 Å². The Morgan fingerprint density at radius 3 is 2.44 bits per heavy atom. The monoisotopic (exact) mass is 309 g/mol. The van der Waals surface area contributed by atoms with Gasteiger partial charge in [-0.2, -0.15) is 0 Å². The molecule has 3 nitrogen and oxygen atoms in total. The minimum atomic E-state index is -3.91. The zero-order chi connectivity index (χ0) is 13.3. The summed E-state index contributed by atoms with van der Waals surface area (Å²) in [6.45, 7) is 0. The lowest BCUT2D eigenvalue weighted by atomic mass is 10.3. The Hall–Kier alpha value is -1.18. The van der Waals surface area contributed by atoms with E-state index >= 15 is 0 Å². The lowest BCUT2D eigenvalue weighted by Gasteiger charge is -2.06. The van der Waals surface area contributed by atoms with Crippen LogP contribution in [0.25, 0.3) is 0 Å². The lowest BCUT2D eigenvalue weighted by molar-refractivity contribution is 0.583. The van der Waals surface area contributed by atoms with E-state index in [-0.39, 0.29) is 9.90 Å². The number of rotatable bonds is 3. The van der Waals surface area contributed by atoms with Gasteiger partial charge in [0.25, 0.3) is 10.0 Å². The van der Waals surface area contributed by atoms with Gasteiger partial charge in [0.1, 0.15) is 15.8 Å². The molecule has 0 saturated heterocycles. The van der Waals surface area contributed by atoms with Crippen LogP contribution in [0.3, 0.4) is 0 Å². The van der Waals surface area contributed by atoms with Gasteiger partial charge in [-0.15, -0.1) is 11.3 Å². The molecule has 0 atom stereocenters. The number of sulfonamides is 1. The number of halogens is 3. The fraction of sp³-hybridized carbons (Fsp3) is 0. The summed E-state index contributed by atoms with van der Waals surface area (Å²) in [4.78, 5) is 0. The molecule has 0 bridgehead atoms. The Morgan fingerprint density at radius 2 is 1.89 bits per heavy atom. The second-order valence-corrected chi connectivity index (χ2v) is 6.91. The van der Waals surface area contributed by atoms with Crippen molar-refractivity contribution in [2.75, 3.05) is 4.72 Å². The van der Waals surface area contributed by atoms with Crippen molar-refractivity contribution >= 4 is 38.6 Å². The molecule has 2 aromatic rings. The van der Waals surface area contributed by atoms with E-state index in [1.54, 1.807) is 0 Å². The third-order valence-electron chi connectivity index (χ3n) is 1.99. The normalized spacial score (nSPS) is 11.5. The first kappa shape index (κ1) is 13.3. The van der Waals surface area contributed by atoms with Crippen molar-refractivity contribution in [2.24, 2.45) is 0 Å². The number of anilines is 1. The van der Waals surface area contributed by atoms with E-state index in [1.807, 2.05) is 4.72 Å².